The molecule has 4 heteroatoms. The zero-order valence-electron chi connectivity index (χ0n) is 11.0. The summed E-state index contributed by atoms with van der Waals surface area (Å²) in [5.41, 5.74) is 2.28. The van der Waals surface area contributed by atoms with E-state index in [1.165, 1.54) is 5.56 Å². The Kier molecular flexibility index (Phi) is 4.66. The number of fused-ring (bicyclic) bond motifs is 1. The second-order valence-electron chi connectivity index (χ2n) is 4.66. The maximum Gasteiger partial charge on any atom is 0.227 e. The second-order valence-corrected chi connectivity index (χ2v) is 5.64. The predicted octanol–water partition coefficient (Wildman–Crippen LogP) is 2.26. The highest BCUT2D eigenvalue weighted by atomic mass is 32.2. The molecule has 1 heterocycles. The SMILES string of the molecule is CSCCC(=O)N1CC(C)NCc2ccccc21. The third-order valence-electron chi connectivity index (χ3n) is 3.20. The lowest BCUT2D eigenvalue weighted by atomic mass is 10.1. The van der Waals surface area contributed by atoms with Crippen LogP contribution in [0.25, 0.3) is 0 Å². The average Bonchev–Trinajstić information content (AvgIpc) is 2.56. The van der Waals surface area contributed by atoms with Crippen molar-refractivity contribution in [2.24, 2.45) is 0 Å². The molecule has 1 aliphatic heterocycles. The number of benzene rings is 1. The largest absolute Gasteiger partial charge is 0.311 e. The first-order valence-corrected chi connectivity index (χ1v) is 7.72. The molecule has 0 fully saturated rings. The van der Waals surface area contributed by atoms with Crippen molar-refractivity contribution in [2.45, 2.75) is 25.9 Å². The van der Waals surface area contributed by atoms with Crippen LogP contribution in [0.15, 0.2) is 24.3 Å². The van der Waals surface area contributed by atoms with Gasteiger partial charge >= 0.3 is 0 Å². The number of thioether (sulfide) groups is 1. The van der Waals surface area contributed by atoms with E-state index in [9.17, 15) is 4.79 Å². The van der Waals surface area contributed by atoms with Gasteiger partial charge in [-0.15, -0.1) is 0 Å². The summed E-state index contributed by atoms with van der Waals surface area (Å²) in [5.74, 6) is 1.12. The molecule has 0 aromatic heterocycles. The van der Waals surface area contributed by atoms with Crippen molar-refractivity contribution in [3.05, 3.63) is 29.8 Å². The molecule has 1 aliphatic rings. The van der Waals surface area contributed by atoms with Crippen LogP contribution >= 0.6 is 11.8 Å². The number of rotatable bonds is 3. The summed E-state index contributed by atoms with van der Waals surface area (Å²) >= 11 is 1.72. The first-order valence-electron chi connectivity index (χ1n) is 6.33. The van der Waals surface area contributed by atoms with Gasteiger partial charge in [-0.25, -0.2) is 0 Å². The Hall–Kier alpha value is -1.00. The molecule has 1 amide bonds. The molecule has 0 aliphatic carbocycles. The molecule has 0 bridgehead atoms. The van der Waals surface area contributed by atoms with Crippen LogP contribution in [0.4, 0.5) is 5.69 Å². The quantitative estimate of drug-likeness (QED) is 0.909. The molecule has 18 heavy (non-hydrogen) atoms. The normalized spacial score (nSPS) is 19.2. The summed E-state index contributed by atoms with van der Waals surface area (Å²) in [6.45, 7) is 3.72. The number of carbonyl (C=O) groups is 1. The van der Waals surface area contributed by atoms with E-state index in [4.69, 9.17) is 0 Å². The molecule has 1 atom stereocenters. The maximum absolute atomic E-state index is 12.3. The number of amides is 1. The van der Waals surface area contributed by atoms with E-state index >= 15 is 0 Å². The van der Waals surface area contributed by atoms with Gasteiger partial charge in [0.05, 0.1) is 0 Å². The third-order valence-corrected chi connectivity index (χ3v) is 3.81. The van der Waals surface area contributed by atoms with E-state index in [0.717, 1.165) is 24.5 Å². The number of hydrogen-bond donors (Lipinski definition) is 1. The lowest BCUT2D eigenvalue weighted by molar-refractivity contribution is -0.118. The average molecular weight is 264 g/mol. The van der Waals surface area contributed by atoms with Crippen LogP contribution in [0.2, 0.25) is 0 Å². The van der Waals surface area contributed by atoms with Crippen molar-refractivity contribution in [1.82, 2.24) is 5.32 Å². The van der Waals surface area contributed by atoms with Gasteiger partial charge in [0.1, 0.15) is 0 Å². The van der Waals surface area contributed by atoms with Gasteiger partial charge in [0.25, 0.3) is 0 Å². The molecule has 1 N–H and O–H groups in total. The van der Waals surface area contributed by atoms with Crippen LogP contribution in [0.5, 0.6) is 0 Å². The van der Waals surface area contributed by atoms with E-state index in [2.05, 4.69) is 18.3 Å². The van der Waals surface area contributed by atoms with Gasteiger partial charge in [-0.05, 0) is 24.8 Å². The summed E-state index contributed by atoms with van der Waals surface area (Å²) < 4.78 is 0. The van der Waals surface area contributed by atoms with Crippen LogP contribution in [-0.2, 0) is 11.3 Å². The van der Waals surface area contributed by atoms with Crippen LogP contribution in [0, 0.1) is 0 Å². The molecular formula is C14H20N2OS. The topological polar surface area (TPSA) is 32.3 Å². The Morgan fingerprint density at radius 1 is 1.50 bits per heavy atom. The van der Waals surface area contributed by atoms with Gasteiger partial charge in [0, 0.05) is 37.0 Å². The monoisotopic (exact) mass is 264 g/mol. The van der Waals surface area contributed by atoms with Gasteiger partial charge in [-0.2, -0.15) is 11.8 Å². The number of anilines is 1. The number of carbonyl (C=O) groups excluding carboxylic acids is 1. The first kappa shape index (κ1) is 13.4. The molecule has 0 saturated carbocycles. The predicted molar refractivity (Wildman–Crippen MR) is 78.1 cm³/mol. The standard InChI is InChI=1S/C14H20N2OS/c1-11-10-16(14(17)7-8-18-2)13-6-4-3-5-12(13)9-15-11/h3-6,11,15H,7-10H2,1-2H3. The summed E-state index contributed by atoms with van der Waals surface area (Å²) in [5, 5.41) is 3.44. The van der Waals surface area contributed by atoms with E-state index < -0.39 is 0 Å². The zero-order valence-corrected chi connectivity index (χ0v) is 11.8. The molecule has 1 aromatic rings. The van der Waals surface area contributed by atoms with Gasteiger partial charge < -0.3 is 10.2 Å². The molecule has 3 nitrogen and oxygen atoms in total. The van der Waals surface area contributed by atoms with E-state index in [-0.39, 0.29) is 5.91 Å². The fourth-order valence-electron chi connectivity index (χ4n) is 2.21. The van der Waals surface area contributed by atoms with Crippen LogP contribution in [-0.4, -0.2) is 30.5 Å². The molecule has 2 rings (SSSR count). The number of para-hydroxylation sites is 1. The Balaban J connectivity index is 2.23. The van der Waals surface area contributed by atoms with Crippen molar-refractivity contribution < 1.29 is 4.79 Å². The van der Waals surface area contributed by atoms with Crippen LogP contribution < -0.4 is 10.2 Å². The van der Waals surface area contributed by atoms with E-state index in [1.54, 1.807) is 11.8 Å². The van der Waals surface area contributed by atoms with E-state index in [1.807, 2.05) is 29.4 Å². The van der Waals surface area contributed by atoms with Crippen molar-refractivity contribution in [3.8, 4) is 0 Å². The minimum Gasteiger partial charge on any atom is -0.311 e. The van der Waals surface area contributed by atoms with Crippen LogP contribution in [0.3, 0.4) is 0 Å². The highest BCUT2D eigenvalue weighted by Crippen LogP contribution is 2.24. The minimum atomic E-state index is 0.229. The smallest absolute Gasteiger partial charge is 0.227 e. The lowest BCUT2D eigenvalue weighted by Crippen LogP contribution is -2.39. The minimum absolute atomic E-state index is 0.229. The molecule has 1 aromatic carbocycles. The van der Waals surface area contributed by atoms with Crippen molar-refractivity contribution >= 4 is 23.4 Å². The molecule has 98 valence electrons. The first-order chi connectivity index (χ1) is 8.72. The maximum atomic E-state index is 12.3. The second kappa shape index (κ2) is 6.25. The Bertz CT molecular complexity index is 422. The Labute approximate surface area is 113 Å². The van der Waals surface area contributed by atoms with Gasteiger partial charge in [0.15, 0.2) is 0 Å². The molecule has 0 saturated heterocycles. The van der Waals surface area contributed by atoms with Crippen LogP contribution in [0.1, 0.15) is 18.9 Å². The Morgan fingerprint density at radius 3 is 3.06 bits per heavy atom. The zero-order chi connectivity index (χ0) is 13.0. The number of nitrogens with one attached hydrogen (secondary N) is 1. The lowest BCUT2D eigenvalue weighted by Gasteiger charge is -2.24. The fraction of sp³-hybridized carbons (Fsp3) is 0.500. The summed E-state index contributed by atoms with van der Waals surface area (Å²) in [6, 6.07) is 8.50. The summed E-state index contributed by atoms with van der Waals surface area (Å²) in [7, 11) is 0. The van der Waals surface area contributed by atoms with Crippen molar-refractivity contribution in [2.75, 3.05) is 23.5 Å². The van der Waals surface area contributed by atoms with Gasteiger partial charge in [-0.3, -0.25) is 4.79 Å². The third kappa shape index (κ3) is 3.06. The molecular weight excluding hydrogens is 244 g/mol. The highest BCUT2D eigenvalue weighted by Gasteiger charge is 2.23. The molecule has 0 radical (unpaired) electrons. The van der Waals surface area contributed by atoms with E-state index in [0.29, 0.717) is 12.5 Å². The van der Waals surface area contributed by atoms with Gasteiger partial charge in [-0.1, -0.05) is 18.2 Å². The molecule has 1 unspecified atom stereocenters. The number of hydrogen-bond acceptors (Lipinski definition) is 3. The number of nitrogens with zero attached hydrogens (tertiary/aromatic N) is 1. The van der Waals surface area contributed by atoms with Crippen molar-refractivity contribution in [3.63, 3.8) is 0 Å². The summed E-state index contributed by atoms with van der Waals surface area (Å²) in [6.07, 6.45) is 2.65. The summed E-state index contributed by atoms with van der Waals surface area (Å²) in [4.78, 5) is 14.2. The highest BCUT2D eigenvalue weighted by molar-refractivity contribution is 7.98. The fourth-order valence-corrected chi connectivity index (χ4v) is 2.58. The molecule has 0 spiro atoms. The van der Waals surface area contributed by atoms with Crippen molar-refractivity contribution in [1.29, 1.82) is 0 Å². The van der Waals surface area contributed by atoms with Gasteiger partial charge in [0.2, 0.25) is 5.91 Å². The Morgan fingerprint density at radius 2 is 2.28 bits per heavy atom.